The number of anilines is 2. The number of fused-ring (bicyclic) bond motifs is 1. The molecule has 3 N–H and O–H groups in total. The first-order valence-electron chi connectivity index (χ1n) is 6.11. The molecule has 0 unspecified atom stereocenters. The van der Waals surface area contributed by atoms with E-state index < -0.39 is 0 Å². The highest BCUT2D eigenvalue weighted by atomic mass is 16.1. The van der Waals surface area contributed by atoms with E-state index in [4.69, 9.17) is 5.73 Å². The predicted molar refractivity (Wildman–Crippen MR) is 78.3 cm³/mol. The number of carbonyl (C=O) groups is 1. The van der Waals surface area contributed by atoms with E-state index >= 15 is 0 Å². The van der Waals surface area contributed by atoms with Crippen molar-refractivity contribution < 1.29 is 4.79 Å². The van der Waals surface area contributed by atoms with Crippen molar-refractivity contribution in [3.05, 3.63) is 60.3 Å². The molecule has 0 spiro atoms. The average molecular weight is 264 g/mol. The first-order chi connectivity index (χ1) is 9.74. The maximum atomic E-state index is 12.2. The highest BCUT2D eigenvalue weighted by molar-refractivity contribution is 6.10. The Hall–Kier alpha value is -2.95. The lowest BCUT2D eigenvalue weighted by molar-refractivity contribution is 0.102. The van der Waals surface area contributed by atoms with Crippen LogP contribution in [0.15, 0.2) is 54.7 Å². The topological polar surface area (TPSA) is 80.9 Å². The summed E-state index contributed by atoms with van der Waals surface area (Å²) < 4.78 is 0. The van der Waals surface area contributed by atoms with E-state index in [1.54, 1.807) is 30.5 Å². The molecule has 5 heteroatoms. The minimum absolute atomic E-state index is 0.297. The number of amides is 1. The summed E-state index contributed by atoms with van der Waals surface area (Å²) >= 11 is 0. The molecular weight excluding hydrogens is 252 g/mol. The number of nitrogens with two attached hydrogens (primary N) is 1. The number of hydrogen-bond donors (Lipinski definition) is 2. The minimum Gasteiger partial charge on any atom is -0.398 e. The van der Waals surface area contributed by atoms with Crippen molar-refractivity contribution in [2.45, 2.75) is 0 Å². The zero-order chi connectivity index (χ0) is 13.9. The Labute approximate surface area is 115 Å². The highest BCUT2D eigenvalue weighted by Gasteiger charge is 2.11. The van der Waals surface area contributed by atoms with E-state index in [1.165, 1.54) is 0 Å². The number of aromatic nitrogens is 2. The van der Waals surface area contributed by atoms with Crippen LogP contribution in [0.4, 0.5) is 11.5 Å². The summed E-state index contributed by atoms with van der Waals surface area (Å²) in [5.74, 6) is 0.0961. The molecule has 1 heterocycles. The number of rotatable bonds is 2. The van der Waals surface area contributed by atoms with E-state index in [1.807, 2.05) is 24.3 Å². The molecule has 0 atom stereocenters. The van der Waals surface area contributed by atoms with Gasteiger partial charge in [-0.1, -0.05) is 24.3 Å². The van der Waals surface area contributed by atoms with Gasteiger partial charge in [0, 0.05) is 11.9 Å². The summed E-state index contributed by atoms with van der Waals surface area (Å²) in [7, 11) is 0. The number of nitrogens with zero attached hydrogens (tertiary/aromatic N) is 2. The first-order valence-corrected chi connectivity index (χ1v) is 6.11. The number of benzene rings is 2. The van der Waals surface area contributed by atoms with Crippen LogP contribution >= 0.6 is 0 Å². The number of nitrogen functional groups attached to an aromatic ring is 1. The van der Waals surface area contributed by atoms with Gasteiger partial charge in [-0.25, -0.2) is 0 Å². The van der Waals surface area contributed by atoms with Crippen LogP contribution < -0.4 is 11.1 Å². The summed E-state index contributed by atoms with van der Waals surface area (Å²) in [5.41, 5.74) is 6.80. The molecule has 3 aromatic rings. The summed E-state index contributed by atoms with van der Waals surface area (Å²) in [6.07, 6.45) is 1.54. The number of hydrogen-bond acceptors (Lipinski definition) is 4. The van der Waals surface area contributed by atoms with Gasteiger partial charge in [0.25, 0.3) is 5.91 Å². The zero-order valence-electron chi connectivity index (χ0n) is 10.6. The quantitative estimate of drug-likeness (QED) is 0.697. The fourth-order valence-electron chi connectivity index (χ4n) is 2.01. The van der Waals surface area contributed by atoms with Crippen molar-refractivity contribution in [1.82, 2.24) is 10.2 Å². The van der Waals surface area contributed by atoms with Crippen LogP contribution in [0.2, 0.25) is 0 Å². The highest BCUT2D eigenvalue weighted by Crippen LogP contribution is 2.22. The molecule has 0 saturated heterocycles. The Kier molecular flexibility index (Phi) is 3.01. The molecule has 0 aliphatic rings. The molecule has 1 amide bonds. The van der Waals surface area contributed by atoms with Gasteiger partial charge in [0.15, 0.2) is 5.82 Å². The Morgan fingerprint density at radius 1 is 1.05 bits per heavy atom. The lowest BCUT2D eigenvalue weighted by Crippen LogP contribution is -2.15. The fourth-order valence-corrected chi connectivity index (χ4v) is 2.01. The molecule has 0 saturated carbocycles. The van der Waals surface area contributed by atoms with Crippen LogP contribution in [0.25, 0.3) is 10.8 Å². The molecule has 2 aromatic carbocycles. The van der Waals surface area contributed by atoms with Crippen molar-refractivity contribution in [3.63, 3.8) is 0 Å². The normalized spacial score (nSPS) is 10.4. The second-order valence-electron chi connectivity index (χ2n) is 4.35. The molecule has 0 radical (unpaired) electrons. The summed E-state index contributed by atoms with van der Waals surface area (Å²) in [5, 5.41) is 12.2. The lowest BCUT2D eigenvalue weighted by Gasteiger charge is -2.08. The van der Waals surface area contributed by atoms with Crippen molar-refractivity contribution in [1.29, 1.82) is 0 Å². The molecule has 20 heavy (non-hydrogen) atoms. The van der Waals surface area contributed by atoms with Crippen LogP contribution in [-0.4, -0.2) is 16.1 Å². The van der Waals surface area contributed by atoms with Crippen molar-refractivity contribution in [2.75, 3.05) is 11.1 Å². The standard InChI is InChI=1S/C15H12N4O/c16-13-9-11-5-2-1-4-10(11)8-12(13)15(20)18-14-6-3-7-17-19-14/h1-9H,16H2,(H,18,19,20). The molecule has 1 aromatic heterocycles. The molecule has 0 aliphatic heterocycles. The average Bonchev–Trinajstić information content (AvgIpc) is 2.47. The molecule has 0 aliphatic carbocycles. The second-order valence-corrected chi connectivity index (χ2v) is 4.35. The van der Waals surface area contributed by atoms with Gasteiger partial charge in [-0.05, 0) is 35.0 Å². The van der Waals surface area contributed by atoms with Gasteiger partial charge >= 0.3 is 0 Å². The van der Waals surface area contributed by atoms with Gasteiger partial charge in [-0.2, -0.15) is 5.10 Å². The predicted octanol–water partition coefficient (Wildman–Crippen LogP) is 2.46. The van der Waals surface area contributed by atoms with Crippen LogP contribution in [0.5, 0.6) is 0 Å². The van der Waals surface area contributed by atoms with Crippen LogP contribution in [0.1, 0.15) is 10.4 Å². The Morgan fingerprint density at radius 3 is 2.50 bits per heavy atom. The van der Waals surface area contributed by atoms with Gasteiger partial charge < -0.3 is 11.1 Å². The first kappa shape index (κ1) is 12.1. The second kappa shape index (κ2) is 4.97. The molecular formula is C15H12N4O. The van der Waals surface area contributed by atoms with E-state index in [0.29, 0.717) is 17.1 Å². The van der Waals surface area contributed by atoms with Crippen LogP contribution in [-0.2, 0) is 0 Å². The summed E-state index contributed by atoms with van der Waals surface area (Å²) in [4.78, 5) is 12.2. The SMILES string of the molecule is Nc1cc2ccccc2cc1C(=O)Nc1cccnn1. The van der Waals surface area contributed by atoms with E-state index in [9.17, 15) is 4.79 Å². The monoisotopic (exact) mass is 264 g/mol. The zero-order valence-corrected chi connectivity index (χ0v) is 10.6. The van der Waals surface area contributed by atoms with E-state index in [0.717, 1.165) is 10.8 Å². The lowest BCUT2D eigenvalue weighted by atomic mass is 10.0. The van der Waals surface area contributed by atoms with E-state index in [2.05, 4.69) is 15.5 Å². The van der Waals surface area contributed by atoms with Gasteiger partial charge in [0.05, 0.1) is 5.56 Å². The van der Waals surface area contributed by atoms with Crippen LogP contribution in [0, 0.1) is 0 Å². The molecule has 5 nitrogen and oxygen atoms in total. The van der Waals surface area contributed by atoms with Crippen molar-refractivity contribution in [3.8, 4) is 0 Å². The molecule has 0 bridgehead atoms. The van der Waals surface area contributed by atoms with Gasteiger partial charge in [0.1, 0.15) is 0 Å². The Bertz CT molecular complexity index is 771. The van der Waals surface area contributed by atoms with Crippen molar-refractivity contribution >= 4 is 28.2 Å². The third kappa shape index (κ3) is 2.29. The third-order valence-corrected chi connectivity index (χ3v) is 2.98. The smallest absolute Gasteiger partial charge is 0.258 e. The Balaban J connectivity index is 1.97. The fraction of sp³-hybridized carbons (Fsp3) is 0. The number of carbonyl (C=O) groups excluding carboxylic acids is 1. The van der Waals surface area contributed by atoms with Gasteiger partial charge in [-0.3, -0.25) is 4.79 Å². The maximum Gasteiger partial charge on any atom is 0.258 e. The molecule has 98 valence electrons. The largest absolute Gasteiger partial charge is 0.398 e. The number of nitrogens with one attached hydrogen (secondary N) is 1. The van der Waals surface area contributed by atoms with E-state index in [-0.39, 0.29) is 5.91 Å². The minimum atomic E-state index is -0.297. The molecule has 3 rings (SSSR count). The van der Waals surface area contributed by atoms with Gasteiger partial charge in [0.2, 0.25) is 0 Å². The van der Waals surface area contributed by atoms with Crippen molar-refractivity contribution in [2.24, 2.45) is 0 Å². The third-order valence-electron chi connectivity index (χ3n) is 2.98. The van der Waals surface area contributed by atoms with Crippen LogP contribution in [0.3, 0.4) is 0 Å². The maximum absolute atomic E-state index is 12.2. The Morgan fingerprint density at radius 2 is 1.80 bits per heavy atom. The summed E-state index contributed by atoms with van der Waals surface area (Å²) in [6.45, 7) is 0. The summed E-state index contributed by atoms with van der Waals surface area (Å²) in [6, 6.07) is 14.7. The van der Waals surface area contributed by atoms with Gasteiger partial charge in [-0.15, -0.1) is 5.10 Å². The molecule has 0 fully saturated rings.